The van der Waals surface area contributed by atoms with Gasteiger partial charge in [0, 0.05) is 0 Å². The van der Waals surface area contributed by atoms with E-state index < -0.39 is 11.7 Å². The monoisotopic (exact) mass is 259 g/mol. The van der Waals surface area contributed by atoms with Gasteiger partial charge in [0.15, 0.2) is 0 Å². The van der Waals surface area contributed by atoms with E-state index >= 15 is 0 Å². The Kier molecular flexibility index (Phi) is 3.51. The molecule has 0 aliphatic heterocycles. The highest BCUT2D eigenvalue weighted by atomic mass is 19.1. The number of carbonyl (C=O) groups is 1. The van der Waals surface area contributed by atoms with Crippen LogP contribution >= 0.6 is 0 Å². The summed E-state index contributed by atoms with van der Waals surface area (Å²) >= 11 is 0. The van der Waals surface area contributed by atoms with E-state index in [4.69, 9.17) is 0 Å². The number of rotatable bonds is 2. The summed E-state index contributed by atoms with van der Waals surface area (Å²) in [5, 5.41) is 12.2. The summed E-state index contributed by atoms with van der Waals surface area (Å²) in [7, 11) is 0. The summed E-state index contributed by atoms with van der Waals surface area (Å²) in [6, 6.07) is 9.47. The summed E-state index contributed by atoms with van der Waals surface area (Å²) < 4.78 is 13.8. The molecular formula is C15H14FNO2. The summed E-state index contributed by atoms with van der Waals surface area (Å²) in [6.07, 6.45) is 0. The number of aromatic hydroxyl groups is 1. The van der Waals surface area contributed by atoms with Crippen LogP contribution in [0.2, 0.25) is 0 Å². The molecule has 0 heterocycles. The van der Waals surface area contributed by atoms with Crippen molar-refractivity contribution in [3.8, 4) is 5.75 Å². The number of nitrogens with one attached hydrogen (secondary N) is 1. The van der Waals surface area contributed by atoms with Crippen LogP contribution in [0, 0.1) is 19.7 Å². The molecule has 0 unspecified atom stereocenters. The number of hydrogen-bond acceptors (Lipinski definition) is 2. The maximum Gasteiger partial charge on any atom is 0.258 e. The second-order valence-corrected chi connectivity index (χ2v) is 4.41. The number of benzene rings is 2. The molecule has 3 nitrogen and oxygen atoms in total. The maximum absolute atomic E-state index is 13.8. The fourth-order valence-electron chi connectivity index (χ4n) is 1.76. The Bertz CT molecular complexity index is 638. The van der Waals surface area contributed by atoms with Crippen LogP contribution in [-0.4, -0.2) is 11.0 Å². The second-order valence-electron chi connectivity index (χ2n) is 4.41. The standard InChI is InChI=1S/C15H14FNO2/c1-9-6-7-12(13(18)8-9)17-15(19)11-5-3-4-10(2)14(11)16/h3-8,18H,1-2H3,(H,17,19). The Hall–Kier alpha value is -2.36. The summed E-state index contributed by atoms with van der Waals surface area (Å²) in [5.74, 6) is -1.17. The van der Waals surface area contributed by atoms with Gasteiger partial charge in [0.05, 0.1) is 11.3 Å². The highest BCUT2D eigenvalue weighted by Gasteiger charge is 2.14. The number of halogens is 1. The third-order valence-corrected chi connectivity index (χ3v) is 2.84. The number of carbonyl (C=O) groups excluding carboxylic acids is 1. The Morgan fingerprint density at radius 3 is 2.63 bits per heavy atom. The van der Waals surface area contributed by atoms with Crippen LogP contribution in [0.4, 0.5) is 10.1 Å². The van der Waals surface area contributed by atoms with Crippen molar-refractivity contribution < 1.29 is 14.3 Å². The molecule has 0 saturated heterocycles. The van der Waals surface area contributed by atoms with E-state index in [0.717, 1.165) is 5.56 Å². The smallest absolute Gasteiger partial charge is 0.258 e. The average Bonchev–Trinajstić information content (AvgIpc) is 2.36. The van der Waals surface area contributed by atoms with Gasteiger partial charge in [-0.15, -0.1) is 0 Å². The lowest BCUT2D eigenvalue weighted by molar-refractivity contribution is 0.102. The van der Waals surface area contributed by atoms with E-state index in [2.05, 4.69) is 5.32 Å². The second kappa shape index (κ2) is 5.10. The molecule has 0 bridgehead atoms. The van der Waals surface area contributed by atoms with Gasteiger partial charge in [0.2, 0.25) is 0 Å². The van der Waals surface area contributed by atoms with Gasteiger partial charge in [-0.3, -0.25) is 4.79 Å². The first-order valence-corrected chi connectivity index (χ1v) is 5.85. The van der Waals surface area contributed by atoms with Crippen LogP contribution in [0.1, 0.15) is 21.5 Å². The molecule has 2 aromatic carbocycles. The zero-order valence-corrected chi connectivity index (χ0v) is 10.7. The molecular weight excluding hydrogens is 245 g/mol. The number of phenolic OH excluding ortho intramolecular Hbond substituents is 1. The normalized spacial score (nSPS) is 10.3. The van der Waals surface area contributed by atoms with Crippen molar-refractivity contribution in [2.45, 2.75) is 13.8 Å². The molecule has 4 heteroatoms. The predicted octanol–water partition coefficient (Wildman–Crippen LogP) is 3.40. The number of aryl methyl sites for hydroxylation is 2. The third-order valence-electron chi connectivity index (χ3n) is 2.84. The predicted molar refractivity (Wildman–Crippen MR) is 71.9 cm³/mol. The van der Waals surface area contributed by atoms with Crippen molar-refractivity contribution in [1.29, 1.82) is 0 Å². The van der Waals surface area contributed by atoms with Crippen molar-refractivity contribution in [3.63, 3.8) is 0 Å². The molecule has 2 rings (SSSR count). The van der Waals surface area contributed by atoms with Crippen LogP contribution in [-0.2, 0) is 0 Å². The van der Waals surface area contributed by atoms with E-state index in [1.807, 2.05) is 6.92 Å². The molecule has 2 aromatic rings. The minimum atomic E-state index is -0.583. The van der Waals surface area contributed by atoms with Crippen LogP contribution in [0.25, 0.3) is 0 Å². The summed E-state index contributed by atoms with van der Waals surface area (Å²) in [5.41, 5.74) is 1.49. The molecule has 0 aliphatic carbocycles. The first-order valence-electron chi connectivity index (χ1n) is 5.85. The maximum atomic E-state index is 13.8. The van der Waals surface area contributed by atoms with Crippen molar-refractivity contribution >= 4 is 11.6 Å². The lowest BCUT2D eigenvalue weighted by Crippen LogP contribution is -2.14. The zero-order chi connectivity index (χ0) is 14.0. The Balaban J connectivity index is 2.28. The SMILES string of the molecule is Cc1ccc(NC(=O)c2cccc(C)c2F)c(O)c1. The third kappa shape index (κ3) is 2.73. The number of hydrogen-bond donors (Lipinski definition) is 2. The molecule has 0 spiro atoms. The van der Waals surface area contributed by atoms with Crippen LogP contribution < -0.4 is 5.32 Å². The molecule has 0 aliphatic rings. The molecule has 0 fully saturated rings. The fraction of sp³-hybridized carbons (Fsp3) is 0.133. The van der Waals surface area contributed by atoms with Gasteiger partial charge in [-0.05, 0) is 43.2 Å². The number of amides is 1. The average molecular weight is 259 g/mol. The van der Waals surface area contributed by atoms with Gasteiger partial charge in [0.1, 0.15) is 11.6 Å². The lowest BCUT2D eigenvalue weighted by Gasteiger charge is -2.09. The van der Waals surface area contributed by atoms with E-state index in [1.165, 1.54) is 12.1 Å². The highest BCUT2D eigenvalue weighted by molar-refractivity contribution is 6.05. The molecule has 0 saturated carbocycles. The number of phenols is 1. The van der Waals surface area contributed by atoms with Gasteiger partial charge in [-0.2, -0.15) is 0 Å². The molecule has 1 amide bonds. The molecule has 0 radical (unpaired) electrons. The van der Waals surface area contributed by atoms with Crippen molar-refractivity contribution in [3.05, 3.63) is 58.9 Å². The van der Waals surface area contributed by atoms with Gasteiger partial charge in [-0.25, -0.2) is 4.39 Å². The van der Waals surface area contributed by atoms with Crippen molar-refractivity contribution in [2.24, 2.45) is 0 Å². The first-order chi connectivity index (χ1) is 8.99. The quantitative estimate of drug-likeness (QED) is 0.812. The van der Waals surface area contributed by atoms with E-state index in [1.54, 1.807) is 31.2 Å². The van der Waals surface area contributed by atoms with Gasteiger partial charge in [0.25, 0.3) is 5.91 Å². The van der Waals surface area contributed by atoms with E-state index in [9.17, 15) is 14.3 Å². The molecule has 0 aromatic heterocycles. The fourth-order valence-corrected chi connectivity index (χ4v) is 1.76. The van der Waals surface area contributed by atoms with E-state index in [-0.39, 0.29) is 17.0 Å². The van der Waals surface area contributed by atoms with Crippen LogP contribution in [0.15, 0.2) is 36.4 Å². The first kappa shape index (κ1) is 13.1. The van der Waals surface area contributed by atoms with Gasteiger partial charge < -0.3 is 10.4 Å². The van der Waals surface area contributed by atoms with Crippen LogP contribution in [0.3, 0.4) is 0 Å². The molecule has 98 valence electrons. The highest BCUT2D eigenvalue weighted by Crippen LogP contribution is 2.25. The Morgan fingerprint density at radius 1 is 1.21 bits per heavy atom. The van der Waals surface area contributed by atoms with Crippen LogP contribution in [0.5, 0.6) is 5.75 Å². The van der Waals surface area contributed by atoms with Gasteiger partial charge in [-0.1, -0.05) is 18.2 Å². The Labute approximate surface area is 110 Å². The minimum absolute atomic E-state index is 0.0404. The summed E-state index contributed by atoms with van der Waals surface area (Å²) in [6.45, 7) is 3.42. The summed E-state index contributed by atoms with van der Waals surface area (Å²) in [4.78, 5) is 12.0. The van der Waals surface area contributed by atoms with Crippen molar-refractivity contribution in [1.82, 2.24) is 0 Å². The Morgan fingerprint density at radius 2 is 1.95 bits per heavy atom. The molecule has 0 atom stereocenters. The minimum Gasteiger partial charge on any atom is -0.506 e. The zero-order valence-electron chi connectivity index (χ0n) is 10.7. The molecule has 2 N–H and O–H groups in total. The van der Waals surface area contributed by atoms with E-state index in [0.29, 0.717) is 5.56 Å². The topological polar surface area (TPSA) is 49.3 Å². The molecule has 19 heavy (non-hydrogen) atoms. The largest absolute Gasteiger partial charge is 0.506 e. The lowest BCUT2D eigenvalue weighted by atomic mass is 10.1. The van der Waals surface area contributed by atoms with Gasteiger partial charge >= 0.3 is 0 Å². The number of anilines is 1. The van der Waals surface area contributed by atoms with Crippen molar-refractivity contribution in [2.75, 3.05) is 5.32 Å².